The van der Waals surface area contributed by atoms with Crippen molar-refractivity contribution in [2.75, 3.05) is 13.6 Å². The van der Waals surface area contributed by atoms with E-state index < -0.39 is 0 Å². The monoisotopic (exact) mass is 355 g/mol. The number of benzene rings is 1. The lowest BCUT2D eigenvalue weighted by molar-refractivity contribution is -0.128. The standard InChI is InChI=1S/C18H21N5OS/c1-13(17(24)22(2)12-6-11-19)25-18-21-20-16(14-9-10-14)23(18)15-7-4-3-5-8-15/h3-5,7-8,13-14H,6,9-10,12H2,1-2H3/t13-/m0/s1. The van der Waals surface area contributed by atoms with Crippen LogP contribution in [0.2, 0.25) is 0 Å². The van der Waals surface area contributed by atoms with Crippen LogP contribution in [0.3, 0.4) is 0 Å². The molecule has 0 aliphatic heterocycles. The third-order valence-electron chi connectivity index (χ3n) is 4.18. The second kappa shape index (κ2) is 7.70. The smallest absolute Gasteiger partial charge is 0.235 e. The van der Waals surface area contributed by atoms with Crippen molar-refractivity contribution in [3.8, 4) is 11.8 Å². The maximum absolute atomic E-state index is 12.5. The van der Waals surface area contributed by atoms with Crippen molar-refractivity contribution in [2.24, 2.45) is 0 Å². The minimum atomic E-state index is -0.289. The van der Waals surface area contributed by atoms with Crippen LogP contribution in [0.4, 0.5) is 0 Å². The Hall–Kier alpha value is -2.33. The van der Waals surface area contributed by atoms with Crippen molar-refractivity contribution < 1.29 is 4.79 Å². The molecule has 0 N–H and O–H groups in total. The molecule has 0 unspecified atom stereocenters. The maximum Gasteiger partial charge on any atom is 0.235 e. The fourth-order valence-electron chi connectivity index (χ4n) is 2.63. The van der Waals surface area contributed by atoms with E-state index in [9.17, 15) is 4.79 Å². The fourth-order valence-corrected chi connectivity index (χ4v) is 3.62. The molecule has 130 valence electrons. The van der Waals surface area contributed by atoms with Crippen LogP contribution in [-0.2, 0) is 4.79 Å². The maximum atomic E-state index is 12.5. The van der Waals surface area contributed by atoms with Crippen molar-refractivity contribution >= 4 is 17.7 Å². The Morgan fingerprint density at radius 1 is 1.40 bits per heavy atom. The number of rotatable bonds is 7. The number of aromatic nitrogens is 3. The van der Waals surface area contributed by atoms with E-state index in [1.807, 2.05) is 37.3 Å². The van der Waals surface area contributed by atoms with Crippen molar-refractivity contribution in [1.82, 2.24) is 19.7 Å². The molecular weight excluding hydrogens is 334 g/mol. The molecule has 6 nitrogen and oxygen atoms in total. The van der Waals surface area contributed by atoms with E-state index in [2.05, 4.69) is 20.8 Å². The average molecular weight is 355 g/mol. The van der Waals surface area contributed by atoms with Gasteiger partial charge in [0.1, 0.15) is 5.82 Å². The number of carbonyl (C=O) groups excluding carboxylic acids is 1. The predicted molar refractivity (Wildman–Crippen MR) is 96.5 cm³/mol. The Morgan fingerprint density at radius 2 is 2.12 bits per heavy atom. The van der Waals surface area contributed by atoms with E-state index in [-0.39, 0.29) is 11.2 Å². The number of hydrogen-bond donors (Lipinski definition) is 0. The van der Waals surface area contributed by atoms with E-state index in [0.717, 1.165) is 29.5 Å². The molecule has 0 radical (unpaired) electrons. The largest absolute Gasteiger partial charge is 0.344 e. The Labute approximate surface area is 151 Å². The van der Waals surface area contributed by atoms with Crippen LogP contribution in [0.15, 0.2) is 35.5 Å². The summed E-state index contributed by atoms with van der Waals surface area (Å²) in [7, 11) is 1.73. The summed E-state index contributed by atoms with van der Waals surface area (Å²) in [6.07, 6.45) is 2.62. The van der Waals surface area contributed by atoms with Gasteiger partial charge in [-0.1, -0.05) is 30.0 Å². The van der Waals surface area contributed by atoms with E-state index >= 15 is 0 Å². The van der Waals surface area contributed by atoms with Gasteiger partial charge in [0, 0.05) is 25.2 Å². The summed E-state index contributed by atoms with van der Waals surface area (Å²) in [6.45, 7) is 2.32. The predicted octanol–water partition coefficient (Wildman–Crippen LogP) is 3.00. The first kappa shape index (κ1) is 17.5. The Balaban J connectivity index is 1.81. The highest BCUT2D eigenvalue weighted by atomic mass is 32.2. The van der Waals surface area contributed by atoms with Gasteiger partial charge in [0.25, 0.3) is 0 Å². The molecule has 1 aromatic carbocycles. The topological polar surface area (TPSA) is 74.8 Å². The summed E-state index contributed by atoms with van der Waals surface area (Å²) in [5.74, 6) is 1.44. The number of nitriles is 1. The van der Waals surface area contributed by atoms with Gasteiger partial charge in [-0.3, -0.25) is 9.36 Å². The van der Waals surface area contributed by atoms with Crippen LogP contribution in [0, 0.1) is 11.3 Å². The normalized spacial score (nSPS) is 14.8. The van der Waals surface area contributed by atoms with Gasteiger partial charge in [-0.05, 0) is 31.9 Å². The lowest BCUT2D eigenvalue weighted by Gasteiger charge is -2.20. The first-order valence-corrected chi connectivity index (χ1v) is 9.29. The molecule has 2 aromatic rings. The highest BCUT2D eigenvalue weighted by Crippen LogP contribution is 2.41. The number of hydrogen-bond acceptors (Lipinski definition) is 5. The summed E-state index contributed by atoms with van der Waals surface area (Å²) in [4.78, 5) is 14.1. The third-order valence-corrected chi connectivity index (χ3v) is 5.21. The second-order valence-electron chi connectivity index (χ2n) is 6.21. The summed E-state index contributed by atoms with van der Waals surface area (Å²) < 4.78 is 2.07. The molecule has 1 aliphatic rings. The second-order valence-corrected chi connectivity index (χ2v) is 7.52. The number of amides is 1. The summed E-state index contributed by atoms with van der Waals surface area (Å²) >= 11 is 1.42. The molecule has 1 fully saturated rings. The first-order valence-electron chi connectivity index (χ1n) is 8.41. The molecule has 1 amide bonds. The van der Waals surface area contributed by atoms with Gasteiger partial charge < -0.3 is 4.90 Å². The zero-order chi connectivity index (χ0) is 17.8. The molecule has 1 saturated carbocycles. The van der Waals surface area contributed by atoms with Gasteiger partial charge >= 0.3 is 0 Å². The van der Waals surface area contributed by atoms with Gasteiger partial charge in [-0.15, -0.1) is 10.2 Å². The minimum Gasteiger partial charge on any atom is -0.344 e. The molecule has 0 saturated heterocycles. The fraction of sp³-hybridized carbons (Fsp3) is 0.444. The van der Waals surface area contributed by atoms with Crippen molar-refractivity contribution in [2.45, 2.75) is 42.5 Å². The number of para-hydroxylation sites is 1. The van der Waals surface area contributed by atoms with Gasteiger partial charge in [0.2, 0.25) is 5.91 Å². The van der Waals surface area contributed by atoms with Crippen LogP contribution in [0.1, 0.15) is 37.9 Å². The Bertz CT molecular complexity index is 779. The quantitative estimate of drug-likeness (QED) is 0.714. The third kappa shape index (κ3) is 4.02. The van der Waals surface area contributed by atoms with Crippen LogP contribution in [-0.4, -0.2) is 44.4 Å². The zero-order valence-corrected chi connectivity index (χ0v) is 15.2. The molecule has 0 bridgehead atoms. The number of nitrogens with zero attached hydrogens (tertiary/aromatic N) is 5. The molecule has 1 aromatic heterocycles. The highest BCUT2D eigenvalue weighted by molar-refractivity contribution is 8.00. The molecule has 25 heavy (non-hydrogen) atoms. The van der Waals surface area contributed by atoms with E-state index in [0.29, 0.717) is 18.9 Å². The molecule has 1 aliphatic carbocycles. The van der Waals surface area contributed by atoms with Gasteiger partial charge in [-0.25, -0.2) is 0 Å². The lowest BCUT2D eigenvalue weighted by Crippen LogP contribution is -2.34. The Morgan fingerprint density at radius 3 is 2.76 bits per heavy atom. The Kier molecular flexibility index (Phi) is 5.39. The van der Waals surface area contributed by atoms with E-state index in [1.165, 1.54) is 11.8 Å². The van der Waals surface area contributed by atoms with Crippen LogP contribution in [0.5, 0.6) is 0 Å². The van der Waals surface area contributed by atoms with Crippen LogP contribution < -0.4 is 0 Å². The molecule has 0 spiro atoms. The lowest BCUT2D eigenvalue weighted by atomic mass is 10.3. The molecule has 1 heterocycles. The van der Waals surface area contributed by atoms with E-state index in [4.69, 9.17) is 5.26 Å². The molecule has 3 rings (SSSR count). The summed E-state index contributed by atoms with van der Waals surface area (Å²) in [5, 5.41) is 17.9. The number of carbonyl (C=O) groups is 1. The van der Waals surface area contributed by atoms with Crippen molar-refractivity contribution in [3.05, 3.63) is 36.2 Å². The van der Waals surface area contributed by atoms with Gasteiger partial charge in [0.15, 0.2) is 5.16 Å². The zero-order valence-electron chi connectivity index (χ0n) is 14.4. The van der Waals surface area contributed by atoms with Crippen molar-refractivity contribution in [3.63, 3.8) is 0 Å². The highest BCUT2D eigenvalue weighted by Gasteiger charge is 2.32. The van der Waals surface area contributed by atoms with Crippen molar-refractivity contribution in [1.29, 1.82) is 5.26 Å². The van der Waals surface area contributed by atoms with Crippen LogP contribution in [0.25, 0.3) is 5.69 Å². The molecule has 7 heteroatoms. The first-order chi connectivity index (χ1) is 12.1. The van der Waals surface area contributed by atoms with Gasteiger partial charge in [-0.2, -0.15) is 5.26 Å². The summed E-state index contributed by atoms with van der Waals surface area (Å²) in [5.41, 5.74) is 1.02. The molecule has 1 atom stereocenters. The number of thioether (sulfide) groups is 1. The summed E-state index contributed by atoms with van der Waals surface area (Å²) in [6, 6.07) is 12.1. The van der Waals surface area contributed by atoms with Crippen LogP contribution >= 0.6 is 11.8 Å². The molecular formula is C18H21N5OS. The minimum absolute atomic E-state index is 0.00386. The SMILES string of the molecule is C[C@H](Sc1nnc(C2CC2)n1-c1ccccc1)C(=O)N(C)CCC#N. The average Bonchev–Trinajstić information content (AvgIpc) is 3.40. The van der Waals surface area contributed by atoms with E-state index in [1.54, 1.807) is 11.9 Å². The van der Waals surface area contributed by atoms with Gasteiger partial charge in [0.05, 0.1) is 17.7 Å².